The van der Waals surface area contributed by atoms with Crippen LogP contribution < -0.4 is 11.1 Å². The lowest BCUT2D eigenvalue weighted by Gasteiger charge is -2.26. The SMILES string of the molecule is C=CC(O)Nc1cccc(-c2ccc(C(N)=O)c3[nH]c(-c4ccc(C(=O)N5CCOCC5)cc4)cc23)c1C. The Labute approximate surface area is 220 Å². The number of hydrogen-bond donors (Lipinski definition) is 4. The zero-order valence-electron chi connectivity index (χ0n) is 21.2. The number of carbonyl (C=O) groups is 2. The smallest absolute Gasteiger partial charge is 0.254 e. The third-order valence-electron chi connectivity index (χ3n) is 6.95. The van der Waals surface area contributed by atoms with Gasteiger partial charge in [0.2, 0.25) is 0 Å². The highest BCUT2D eigenvalue weighted by molar-refractivity contribution is 6.11. The van der Waals surface area contributed by atoms with Gasteiger partial charge in [0, 0.05) is 35.4 Å². The number of nitrogens with zero attached hydrogens (tertiary/aromatic N) is 1. The van der Waals surface area contributed by atoms with E-state index in [1.165, 1.54) is 6.08 Å². The number of aliphatic hydroxyl groups excluding tert-OH is 1. The van der Waals surface area contributed by atoms with Gasteiger partial charge in [-0.05, 0) is 65.6 Å². The number of fused-ring (bicyclic) bond motifs is 1. The quantitative estimate of drug-likeness (QED) is 0.218. The van der Waals surface area contributed by atoms with Crippen LogP contribution in [0.2, 0.25) is 0 Å². The van der Waals surface area contributed by atoms with E-state index in [2.05, 4.69) is 16.9 Å². The predicted octanol–water partition coefficient (Wildman–Crippen LogP) is 4.30. The molecule has 0 radical (unpaired) electrons. The molecule has 1 saturated heterocycles. The van der Waals surface area contributed by atoms with Crippen molar-refractivity contribution in [2.24, 2.45) is 5.73 Å². The number of ether oxygens (including phenoxy) is 1. The Morgan fingerprint density at radius 2 is 1.84 bits per heavy atom. The van der Waals surface area contributed by atoms with Crippen molar-refractivity contribution in [2.75, 3.05) is 31.6 Å². The number of morpholine rings is 1. The standard InChI is InChI=1S/C30H30N4O4/c1-3-27(35)32-25-6-4-5-21(18(25)2)22-11-12-23(29(31)36)28-24(22)17-26(33-28)19-7-9-20(10-8-19)30(37)34-13-15-38-16-14-34/h3-12,17,27,32-33,35H,1,13-16H2,2H3,(H2,31,36). The predicted molar refractivity (Wildman–Crippen MR) is 149 cm³/mol. The van der Waals surface area contributed by atoms with Gasteiger partial charge in [-0.2, -0.15) is 0 Å². The molecule has 1 fully saturated rings. The molecule has 1 aliphatic heterocycles. The van der Waals surface area contributed by atoms with Crippen molar-refractivity contribution in [1.29, 1.82) is 0 Å². The van der Waals surface area contributed by atoms with Crippen LogP contribution in [0.15, 0.2) is 73.3 Å². The summed E-state index contributed by atoms with van der Waals surface area (Å²) in [6.45, 7) is 7.87. The van der Waals surface area contributed by atoms with E-state index in [4.69, 9.17) is 10.5 Å². The molecule has 0 aliphatic carbocycles. The summed E-state index contributed by atoms with van der Waals surface area (Å²) in [5.74, 6) is -0.539. The van der Waals surface area contributed by atoms with E-state index < -0.39 is 12.1 Å². The number of anilines is 1. The van der Waals surface area contributed by atoms with Crippen LogP contribution in [0.1, 0.15) is 26.3 Å². The van der Waals surface area contributed by atoms with Gasteiger partial charge in [-0.15, -0.1) is 0 Å². The zero-order chi connectivity index (χ0) is 26.8. The third kappa shape index (κ3) is 4.79. The van der Waals surface area contributed by atoms with Crippen LogP contribution in [-0.2, 0) is 4.74 Å². The maximum absolute atomic E-state index is 12.8. The second-order valence-electron chi connectivity index (χ2n) is 9.28. The monoisotopic (exact) mass is 510 g/mol. The van der Waals surface area contributed by atoms with Crippen molar-refractivity contribution in [2.45, 2.75) is 13.2 Å². The number of amides is 2. The molecule has 0 bridgehead atoms. The number of carbonyl (C=O) groups excluding carboxylic acids is 2. The van der Waals surface area contributed by atoms with Crippen LogP contribution in [-0.4, -0.2) is 59.3 Å². The summed E-state index contributed by atoms with van der Waals surface area (Å²) in [6, 6.07) is 18.8. The van der Waals surface area contributed by atoms with Crippen molar-refractivity contribution in [3.8, 4) is 22.4 Å². The molecule has 38 heavy (non-hydrogen) atoms. The van der Waals surface area contributed by atoms with Gasteiger partial charge in [-0.3, -0.25) is 9.59 Å². The van der Waals surface area contributed by atoms with E-state index in [-0.39, 0.29) is 5.91 Å². The van der Waals surface area contributed by atoms with E-state index in [0.717, 1.165) is 39.0 Å². The molecule has 5 N–H and O–H groups in total. The number of hydrogen-bond acceptors (Lipinski definition) is 5. The Bertz CT molecular complexity index is 1520. The Morgan fingerprint density at radius 1 is 1.11 bits per heavy atom. The van der Waals surface area contributed by atoms with Gasteiger partial charge in [0.05, 0.1) is 24.3 Å². The highest BCUT2D eigenvalue weighted by atomic mass is 16.5. The number of benzene rings is 3. The number of aliphatic hydroxyl groups is 1. The molecule has 1 atom stereocenters. The average molecular weight is 511 g/mol. The topological polar surface area (TPSA) is 121 Å². The zero-order valence-corrected chi connectivity index (χ0v) is 21.2. The summed E-state index contributed by atoms with van der Waals surface area (Å²) in [5.41, 5.74) is 12.6. The van der Waals surface area contributed by atoms with Crippen molar-refractivity contribution in [3.63, 3.8) is 0 Å². The molecule has 1 aromatic heterocycles. The summed E-state index contributed by atoms with van der Waals surface area (Å²) in [6.07, 6.45) is 0.544. The number of H-pyrrole nitrogens is 1. The van der Waals surface area contributed by atoms with Gasteiger partial charge < -0.3 is 30.8 Å². The maximum atomic E-state index is 12.8. The fourth-order valence-electron chi connectivity index (χ4n) is 4.86. The van der Waals surface area contributed by atoms with E-state index >= 15 is 0 Å². The number of primary amides is 1. The molecule has 1 aliphatic rings. The number of nitrogens with one attached hydrogen (secondary N) is 2. The molecule has 5 rings (SSSR count). The summed E-state index contributed by atoms with van der Waals surface area (Å²) in [7, 11) is 0. The molecule has 2 amide bonds. The van der Waals surface area contributed by atoms with Crippen LogP contribution in [0.4, 0.5) is 5.69 Å². The van der Waals surface area contributed by atoms with Gasteiger partial charge in [0.15, 0.2) is 0 Å². The average Bonchev–Trinajstić information content (AvgIpc) is 3.39. The van der Waals surface area contributed by atoms with Gasteiger partial charge in [-0.1, -0.05) is 36.9 Å². The summed E-state index contributed by atoms with van der Waals surface area (Å²) >= 11 is 0. The number of aromatic nitrogens is 1. The first kappa shape index (κ1) is 25.3. The Balaban J connectivity index is 1.55. The lowest BCUT2D eigenvalue weighted by molar-refractivity contribution is 0.0303. The minimum Gasteiger partial charge on any atom is -0.378 e. The highest BCUT2D eigenvalue weighted by Crippen LogP contribution is 2.37. The van der Waals surface area contributed by atoms with Gasteiger partial charge >= 0.3 is 0 Å². The second-order valence-corrected chi connectivity index (χ2v) is 9.28. The van der Waals surface area contributed by atoms with Crippen molar-refractivity contribution < 1.29 is 19.4 Å². The fraction of sp³-hybridized carbons (Fsp3) is 0.200. The minimum absolute atomic E-state index is 0.0136. The van der Waals surface area contributed by atoms with Crippen LogP contribution >= 0.6 is 0 Å². The molecule has 4 aromatic rings. The lowest BCUT2D eigenvalue weighted by Crippen LogP contribution is -2.40. The van der Waals surface area contributed by atoms with E-state index in [1.54, 1.807) is 11.0 Å². The molecule has 0 spiro atoms. The largest absolute Gasteiger partial charge is 0.378 e. The summed E-state index contributed by atoms with van der Waals surface area (Å²) in [4.78, 5) is 30.3. The third-order valence-corrected chi connectivity index (χ3v) is 6.95. The molecule has 194 valence electrons. The Morgan fingerprint density at radius 3 is 2.53 bits per heavy atom. The Kier molecular flexibility index (Phi) is 7.00. The highest BCUT2D eigenvalue weighted by Gasteiger charge is 2.20. The van der Waals surface area contributed by atoms with Gasteiger partial charge in [-0.25, -0.2) is 0 Å². The molecule has 2 heterocycles. The van der Waals surface area contributed by atoms with Crippen LogP contribution in [0, 0.1) is 6.92 Å². The number of nitrogens with two attached hydrogens (primary N) is 1. The van der Waals surface area contributed by atoms with E-state index in [9.17, 15) is 14.7 Å². The van der Waals surface area contributed by atoms with Gasteiger partial charge in [0.1, 0.15) is 6.23 Å². The van der Waals surface area contributed by atoms with Crippen molar-refractivity contribution in [1.82, 2.24) is 9.88 Å². The first-order valence-electron chi connectivity index (χ1n) is 12.5. The van der Waals surface area contributed by atoms with E-state index in [0.29, 0.717) is 42.9 Å². The van der Waals surface area contributed by atoms with Crippen molar-refractivity contribution >= 4 is 28.4 Å². The first-order chi connectivity index (χ1) is 18.4. The van der Waals surface area contributed by atoms with E-state index in [1.807, 2.05) is 61.5 Å². The van der Waals surface area contributed by atoms with Gasteiger partial charge in [0.25, 0.3) is 11.8 Å². The summed E-state index contributed by atoms with van der Waals surface area (Å²) in [5, 5.41) is 13.9. The minimum atomic E-state index is -0.877. The van der Waals surface area contributed by atoms with Crippen LogP contribution in [0.3, 0.4) is 0 Å². The van der Waals surface area contributed by atoms with Crippen LogP contribution in [0.25, 0.3) is 33.3 Å². The maximum Gasteiger partial charge on any atom is 0.254 e. The molecular formula is C30H30N4O4. The number of aromatic amines is 1. The number of rotatable bonds is 7. The molecule has 8 heteroatoms. The molecule has 3 aromatic carbocycles. The normalized spacial score (nSPS) is 14.3. The lowest BCUT2D eigenvalue weighted by atomic mass is 9.94. The first-order valence-corrected chi connectivity index (χ1v) is 12.5. The second kappa shape index (κ2) is 10.5. The molecular weight excluding hydrogens is 480 g/mol. The fourth-order valence-corrected chi connectivity index (χ4v) is 4.86. The Hall–Kier alpha value is -4.40. The molecule has 0 saturated carbocycles. The molecule has 8 nitrogen and oxygen atoms in total. The molecule has 1 unspecified atom stereocenters. The van der Waals surface area contributed by atoms with Crippen molar-refractivity contribution in [3.05, 3.63) is 90.0 Å². The van der Waals surface area contributed by atoms with Crippen LogP contribution in [0.5, 0.6) is 0 Å². The summed E-state index contributed by atoms with van der Waals surface area (Å²) < 4.78 is 5.35.